The average molecular weight is 353 g/mol. The molecule has 3 nitrogen and oxygen atoms in total. The van der Waals surface area contributed by atoms with E-state index in [1.807, 2.05) is 0 Å². The van der Waals surface area contributed by atoms with Crippen molar-refractivity contribution in [2.75, 3.05) is 5.32 Å². The van der Waals surface area contributed by atoms with E-state index in [0.717, 1.165) is 18.2 Å². The number of carbonyl (C=O) groups excluding carboxylic acids is 1. The molecule has 0 saturated carbocycles. The van der Waals surface area contributed by atoms with Gasteiger partial charge in [0, 0.05) is 10.6 Å². The molecule has 2 aromatic carbocycles. The van der Waals surface area contributed by atoms with E-state index >= 15 is 0 Å². The van der Waals surface area contributed by atoms with Crippen molar-refractivity contribution >= 4 is 40.9 Å². The molecular weight excluding hydrogens is 345 g/mol. The Bertz CT molecular complexity index is 824. The lowest BCUT2D eigenvalue weighted by atomic mass is 10.1. The fourth-order valence-electron chi connectivity index (χ4n) is 1.72. The van der Waals surface area contributed by atoms with Crippen molar-refractivity contribution in [1.82, 2.24) is 0 Å². The second-order valence-electron chi connectivity index (χ2n) is 4.38. The summed E-state index contributed by atoms with van der Waals surface area (Å²) in [5, 5.41) is 12.0. The molecule has 0 aromatic heterocycles. The first kappa shape index (κ1) is 16.9. The lowest BCUT2D eigenvalue weighted by molar-refractivity contribution is -0.112. The maximum atomic E-state index is 13.6. The van der Waals surface area contributed by atoms with Crippen molar-refractivity contribution in [2.24, 2.45) is 0 Å². The van der Waals surface area contributed by atoms with Gasteiger partial charge in [-0.25, -0.2) is 8.78 Å². The number of nitrogens with zero attached hydrogens (tertiary/aromatic N) is 1. The summed E-state index contributed by atoms with van der Waals surface area (Å²) in [7, 11) is 0. The summed E-state index contributed by atoms with van der Waals surface area (Å²) < 4.78 is 27.2. The molecule has 0 atom stereocenters. The Kier molecular flexibility index (Phi) is 5.32. The van der Waals surface area contributed by atoms with Crippen LogP contribution in [0.4, 0.5) is 14.5 Å². The lowest BCUT2D eigenvalue weighted by Crippen LogP contribution is -2.14. The monoisotopic (exact) mass is 352 g/mol. The molecular formula is C16H8Cl2F2N2O. The van der Waals surface area contributed by atoms with Gasteiger partial charge in [0.15, 0.2) is 0 Å². The smallest absolute Gasteiger partial charge is 0.266 e. The van der Waals surface area contributed by atoms with Gasteiger partial charge in [0.05, 0.1) is 10.7 Å². The number of carbonyl (C=O) groups is 1. The van der Waals surface area contributed by atoms with Gasteiger partial charge in [0.1, 0.15) is 23.3 Å². The van der Waals surface area contributed by atoms with Crippen LogP contribution >= 0.6 is 23.2 Å². The molecule has 116 valence electrons. The summed E-state index contributed by atoms with van der Waals surface area (Å²) in [6, 6.07) is 9.18. The van der Waals surface area contributed by atoms with Gasteiger partial charge in [-0.3, -0.25) is 4.79 Å². The Balaban J connectivity index is 2.32. The van der Waals surface area contributed by atoms with Gasteiger partial charge in [-0.05, 0) is 36.4 Å². The fourth-order valence-corrected chi connectivity index (χ4v) is 2.18. The minimum Gasteiger partial charge on any atom is -0.320 e. The normalized spacial score (nSPS) is 11.0. The predicted molar refractivity (Wildman–Crippen MR) is 85.0 cm³/mol. The van der Waals surface area contributed by atoms with Crippen molar-refractivity contribution in [3.05, 3.63) is 69.2 Å². The molecule has 23 heavy (non-hydrogen) atoms. The van der Waals surface area contributed by atoms with Gasteiger partial charge < -0.3 is 5.32 Å². The summed E-state index contributed by atoms with van der Waals surface area (Å²) in [5.74, 6) is -2.61. The first-order valence-electron chi connectivity index (χ1n) is 6.24. The van der Waals surface area contributed by atoms with Crippen LogP contribution < -0.4 is 5.32 Å². The van der Waals surface area contributed by atoms with Crippen LogP contribution in [0.5, 0.6) is 0 Å². The Morgan fingerprint density at radius 1 is 1.17 bits per heavy atom. The van der Waals surface area contributed by atoms with Gasteiger partial charge in [-0.2, -0.15) is 5.26 Å². The number of nitrogens with one attached hydrogen (secondary N) is 1. The molecule has 0 bridgehead atoms. The van der Waals surface area contributed by atoms with Crippen LogP contribution in [0.25, 0.3) is 6.08 Å². The minimum absolute atomic E-state index is 0.167. The maximum absolute atomic E-state index is 13.6. The highest BCUT2D eigenvalue weighted by Gasteiger charge is 2.14. The fraction of sp³-hybridized carbons (Fsp3) is 0. The van der Waals surface area contributed by atoms with Gasteiger partial charge >= 0.3 is 0 Å². The summed E-state index contributed by atoms with van der Waals surface area (Å²) in [5.41, 5.74) is -0.724. The Morgan fingerprint density at radius 3 is 2.39 bits per heavy atom. The molecule has 1 N–H and O–H groups in total. The quantitative estimate of drug-likeness (QED) is 0.636. The first-order chi connectivity index (χ1) is 10.9. The summed E-state index contributed by atoms with van der Waals surface area (Å²) >= 11 is 11.7. The van der Waals surface area contributed by atoms with Crippen LogP contribution in [0.15, 0.2) is 42.0 Å². The zero-order chi connectivity index (χ0) is 17.0. The van der Waals surface area contributed by atoms with E-state index < -0.39 is 28.7 Å². The molecule has 2 aromatic rings. The van der Waals surface area contributed by atoms with Crippen LogP contribution in [0.1, 0.15) is 5.56 Å². The Labute approximate surface area is 140 Å². The molecule has 0 fully saturated rings. The highest BCUT2D eigenvalue weighted by atomic mass is 35.5. The van der Waals surface area contributed by atoms with Crippen molar-refractivity contribution < 1.29 is 13.6 Å². The molecule has 0 spiro atoms. The third kappa shape index (κ3) is 4.07. The number of benzene rings is 2. The number of rotatable bonds is 3. The van der Waals surface area contributed by atoms with Gasteiger partial charge in [0.2, 0.25) is 0 Å². The molecule has 2 rings (SSSR count). The van der Waals surface area contributed by atoms with Crippen LogP contribution in [0, 0.1) is 23.0 Å². The van der Waals surface area contributed by atoms with Crippen LogP contribution in [0.3, 0.4) is 0 Å². The number of anilines is 1. The standard InChI is InChI=1S/C16H8Cl2F2N2O/c17-10-4-5-15(12(18)7-10)22-16(23)9(8-21)6-11-13(19)2-1-3-14(11)20/h1-7H,(H,22,23)/b9-6+. The number of hydrogen-bond acceptors (Lipinski definition) is 2. The van der Waals surface area contributed by atoms with E-state index in [1.165, 1.54) is 24.3 Å². The van der Waals surface area contributed by atoms with Crippen molar-refractivity contribution in [3.8, 4) is 6.07 Å². The molecule has 7 heteroatoms. The zero-order valence-corrected chi connectivity index (χ0v) is 12.9. The molecule has 0 aliphatic carbocycles. The summed E-state index contributed by atoms with van der Waals surface area (Å²) in [6.07, 6.45) is 0.837. The van der Waals surface area contributed by atoms with Crippen LogP contribution in [-0.4, -0.2) is 5.91 Å². The molecule has 0 heterocycles. The average Bonchev–Trinajstić information content (AvgIpc) is 2.50. The topological polar surface area (TPSA) is 52.9 Å². The van der Waals surface area contributed by atoms with E-state index in [4.69, 9.17) is 28.5 Å². The predicted octanol–water partition coefficient (Wildman–Crippen LogP) is 4.82. The third-order valence-electron chi connectivity index (χ3n) is 2.83. The molecule has 0 radical (unpaired) electrons. The Hall–Kier alpha value is -2.42. The lowest BCUT2D eigenvalue weighted by Gasteiger charge is -2.07. The third-order valence-corrected chi connectivity index (χ3v) is 3.38. The largest absolute Gasteiger partial charge is 0.320 e. The summed E-state index contributed by atoms with van der Waals surface area (Å²) in [4.78, 5) is 12.1. The van der Waals surface area contributed by atoms with Crippen molar-refractivity contribution in [3.63, 3.8) is 0 Å². The van der Waals surface area contributed by atoms with E-state index in [1.54, 1.807) is 6.07 Å². The van der Waals surface area contributed by atoms with Crippen LogP contribution in [0.2, 0.25) is 10.0 Å². The van der Waals surface area contributed by atoms with E-state index in [-0.39, 0.29) is 10.7 Å². The number of halogens is 4. The van der Waals surface area contributed by atoms with E-state index in [9.17, 15) is 13.6 Å². The summed E-state index contributed by atoms with van der Waals surface area (Å²) in [6.45, 7) is 0. The van der Waals surface area contributed by atoms with E-state index in [0.29, 0.717) is 5.02 Å². The molecule has 0 aliphatic heterocycles. The molecule has 0 unspecified atom stereocenters. The number of hydrogen-bond donors (Lipinski definition) is 1. The highest BCUT2D eigenvalue weighted by Crippen LogP contribution is 2.26. The minimum atomic E-state index is -0.880. The zero-order valence-electron chi connectivity index (χ0n) is 11.4. The second kappa shape index (κ2) is 7.23. The highest BCUT2D eigenvalue weighted by molar-refractivity contribution is 6.36. The van der Waals surface area contributed by atoms with Gasteiger partial charge in [0.25, 0.3) is 5.91 Å². The van der Waals surface area contributed by atoms with Crippen molar-refractivity contribution in [1.29, 1.82) is 5.26 Å². The van der Waals surface area contributed by atoms with Gasteiger partial charge in [-0.15, -0.1) is 0 Å². The molecule has 0 aliphatic rings. The van der Waals surface area contributed by atoms with Gasteiger partial charge in [-0.1, -0.05) is 29.3 Å². The van der Waals surface area contributed by atoms with Crippen LogP contribution in [-0.2, 0) is 4.79 Å². The number of nitriles is 1. The second-order valence-corrected chi connectivity index (χ2v) is 5.23. The first-order valence-corrected chi connectivity index (χ1v) is 7.00. The van der Waals surface area contributed by atoms with Crippen molar-refractivity contribution in [2.45, 2.75) is 0 Å². The molecule has 1 amide bonds. The Morgan fingerprint density at radius 2 is 1.83 bits per heavy atom. The molecule has 0 saturated heterocycles. The number of amides is 1. The van der Waals surface area contributed by atoms with E-state index in [2.05, 4.69) is 5.32 Å². The maximum Gasteiger partial charge on any atom is 0.266 e. The SMILES string of the molecule is N#C/C(=C\c1c(F)cccc1F)C(=O)Nc1ccc(Cl)cc1Cl.